The summed E-state index contributed by atoms with van der Waals surface area (Å²) in [5.41, 5.74) is 1.19. The van der Waals surface area contributed by atoms with Crippen LogP contribution in [0.3, 0.4) is 0 Å². The van der Waals surface area contributed by atoms with Crippen molar-refractivity contribution in [1.82, 2.24) is 20.9 Å². The van der Waals surface area contributed by atoms with E-state index in [1.54, 1.807) is 0 Å². The number of nitrogens with zero attached hydrogens (tertiary/aromatic N) is 1. The van der Waals surface area contributed by atoms with Gasteiger partial charge in [-0.1, -0.05) is 38.8 Å². The molecule has 170 valence electrons. The van der Waals surface area contributed by atoms with E-state index in [-0.39, 0.29) is 6.04 Å². The van der Waals surface area contributed by atoms with Crippen molar-refractivity contribution in [3.05, 3.63) is 29.8 Å². The molecule has 4 N–H and O–H groups in total. The molecule has 1 aromatic carbocycles. The monoisotopic (exact) mass is 420 g/mol. The fraction of sp³-hybridized carbons (Fsp3) is 0.696. The Bertz CT molecular complexity index is 614. The van der Waals surface area contributed by atoms with Gasteiger partial charge < -0.3 is 25.8 Å². The van der Waals surface area contributed by atoms with Crippen LogP contribution in [0.4, 0.5) is 0 Å². The third-order valence-corrected chi connectivity index (χ3v) is 5.51. The number of hydrogen-bond acceptors (Lipinski definition) is 6. The third kappa shape index (κ3) is 8.60. The van der Waals surface area contributed by atoms with Crippen molar-refractivity contribution in [2.45, 2.75) is 51.6 Å². The van der Waals surface area contributed by atoms with Gasteiger partial charge in [0.25, 0.3) is 0 Å². The number of unbranched alkanes of at least 4 members (excludes halogenated alkanes) is 1. The second-order valence-corrected chi connectivity index (χ2v) is 7.91. The number of carboxylic acid groups (broad SMARTS) is 1. The van der Waals surface area contributed by atoms with Gasteiger partial charge in [-0.3, -0.25) is 9.69 Å². The summed E-state index contributed by atoms with van der Waals surface area (Å²) in [4.78, 5) is 13.9. The van der Waals surface area contributed by atoms with Gasteiger partial charge in [0, 0.05) is 51.9 Å². The van der Waals surface area contributed by atoms with Gasteiger partial charge >= 0.3 is 5.97 Å². The normalized spacial score (nSPS) is 20.7. The molecule has 1 fully saturated rings. The van der Waals surface area contributed by atoms with E-state index in [0.717, 1.165) is 70.9 Å². The number of aliphatic carboxylic acids is 1. The highest BCUT2D eigenvalue weighted by Crippen LogP contribution is 2.20. The minimum absolute atomic E-state index is 0.149. The maximum absolute atomic E-state index is 11.8. The smallest absolute Gasteiger partial charge is 0.320 e. The summed E-state index contributed by atoms with van der Waals surface area (Å²) in [7, 11) is 0. The molecule has 2 unspecified atom stereocenters. The Morgan fingerprint density at radius 1 is 1.17 bits per heavy atom. The predicted molar refractivity (Wildman–Crippen MR) is 121 cm³/mol. The molecule has 7 nitrogen and oxygen atoms in total. The summed E-state index contributed by atoms with van der Waals surface area (Å²) in [5.74, 6) is 0.185. The van der Waals surface area contributed by atoms with Crippen LogP contribution in [-0.4, -0.2) is 74.4 Å². The van der Waals surface area contributed by atoms with Gasteiger partial charge in [0.05, 0.1) is 6.61 Å². The Balaban J connectivity index is 2.05. The van der Waals surface area contributed by atoms with E-state index in [9.17, 15) is 9.90 Å². The van der Waals surface area contributed by atoms with Crippen molar-refractivity contribution in [1.29, 1.82) is 0 Å². The molecule has 1 aliphatic rings. The largest absolute Gasteiger partial charge is 0.494 e. The molecule has 0 saturated carbocycles. The summed E-state index contributed by atoms with van der Waals surface area (Å²) < 4.78 is 5.89. The molecule has 2 rings (SSSR count). The van der Waals surface area contributed by atoms with E-state index in [0.29, 0.717) is 13.0 Å². The molecular formula is C23H40N4O3. The molecule has 2 atom stereocenters. The molecule has 30 heavy (non-hydrogen) atoms. The molecule has 0 spiro atoms. The maximum Gasteiger partial charge on any atom is 0.320 e. The molecule has 7 heteroatoms. The number of carbonyl (C=O) groups is 1. The van der Waals surface area contributed by atoms with E-state index < -0.39 is 12.0 Å². The van der Waals surface area contributed by atoms with Gasteiger partial charge in [0.15, 0.2) is 0 Å². The van der Waals surface area contributed by atoms with Crippen LogP contribution in [0.15, 0.2) is 24.3 Å². The molecule has 1 aromatic rings. The highest BCUT2D eigenvalue weighted by molar-refractivity contribution is 5.73. The lowest BCUT2D eigenvalue weighted by Crippen LogP contribution is -2.49. The summed E-state index contributed by atoms with van der Waals surface area (Å²) in [5, 5.41) is 20.3. The first-order valence-electron chi connectivity index (χ1n) is 11.5. The van der Waals surface area contributed by atoms with Crippen LogP contribution in [0.2, 0.25) is 0 Å². The van der Waals surface area contributed by atoms with Crippen LogP contribution in [-0.2, 0) is 4.79 Å². The first kappa shape index (κ1) is 24.6. The van der Waals surface area contributed by atoms with Crippen LogP contribution in [0.25, 0.3) is 0 Å². The lowest BCUT2D eigenvalue weighted by atomic mass is 10.1. The van der Waals surface area contributed by atoms with Gasteiger partial charge in [0.1, 0.15) is 11.8 Å². The lowest BCUT2D eigenvalue weighted by Gasteiger charge is -2.30. The Morgan fingerprint density at radius 3 is 2.73 bits per heavy atom. The second-order valence-electron chi connectivity index (χ2n) is 7.91. The highest BCUT2D eigenvalue weighted by atomic mass is 16.5. The first-order chi connectivity index (χ1) is 14.7. The van der Waals surface area contributed by atoms with Crippen molar-refractivity contribution in [2.24, 2.45) is 0 Å². The van der Waals surface area contributed by atoms with E-state index >= 15 is 0 Å². The fourth-order valence-electron chi connectivity index (χ4n) is 3.78. The molecule has 0 bridgehead atoms. The van der Waals surface area contributed by atoms with Crippen molar-refractivity contribution in [2.75, 3.05) is 52.4 Å². The van der Waals surface area contributed by atoms with E-state index in [1.807, 2.05) is 19.1 Å². The zero-order chi connectivity index (χ0) is 21.6. The van der Waals surface area contributed by atoms with E-state index in [2.05, 4.69) is 39.9 Å². The number of ether oxygens (including phenoxy) is 1. The molecule has 0 aromatic heterocycles. The van der Waals surface area contributed by atoms with Crippen LogP contribution in [0.1, 0.15) is 51.1 Å². The Morgan fingerprint density at radius 2 is 1.97 bits per heavy atom. The first-order valence-corrected chi connectivity index (χ1v) is 11.5. The molecule has 0 aliphatic carbocycles. The standard InChI is InChI=1S/C23H40N4O3/c1-3-5-16-30-20-9-6-8-19(17-20)21-18-25-11-10-24-12-14-27(15-13-26-21)22(7-4-2)23(28)29/h6,8-9,17,21-22,24-26H,3-5,7,10-16,18H2,1-2H3,(H,28,29). The van der Waals surface area contributed by atoms with Crippen LogP contribution in [0.5, 0.6) is 5.75 Å². The van der Waals surface area contributed by atoms with Gasteiger partial charge in [-0.05, 0) is 30.5 Å². The summed E-state index contributed by atoms with van der Waals surface area (Å²) >= 11 is 0. The van der Waals surface area contributed by atoms with Crippen LogP contribution >= 0.6 is 0 Å². The van der Waals surface area contributed by atoms with Gasteiger partial charge in [-0.15, -0.1) is 0 Å². The maximum atomic E-state index is 11.8. The molecule has 0 amide bonds. The number of benzene rings is 1. The quantitative estimate of drug-likeness (QED) is 0.456. The van der Waals surface area contributed by atoms with Crippen molar-refractivity contribution >= 4 is 5.97 Å². The molecule has 1 aliphatic heterocycles. The predicted octanol–water partition coefficient (Wildman–Crippen LogP) is 2.24. The zero-order valence-corrected chi connectivity index (χ0v) is 18.7. The number of nitrogens with one attached hydrogen (secondary N) is 3. The summed E-state index contributed by atoms with van der Waals surface area (Å²) in [6.07, 6.45) is 3.72. The SMILES string of the molecule is CCCCOc1cccc(C2CNCCNCCN(C(CCC)C(=O)O)CCN2)c1. The second kappa shape index (κ2) is 14.4. The molecule has 0 radical (unpaired) electrons. The average Bonchev–Trinajstić information content (AvgIpc) is 2.73. The number of hydrogen-bond donors (Lipinski definition) is 4. The summed E-state index contributed by atoms with van der Waals surface area (Å²) in [6, 6.07) is 8.03. The Hall–Kier alpha value is -1.67. The van der Waals surface area contributed by atoms with Crippen LogP contribution < -0.4 is 20.7 Å². The Labute approximate surface area is 181 Å². The van der Waals surface area contributed by atoms with Gasteiger partial charge in [-0.25, -0.2) is 0 Å². The zero-order valence-electron chi connectivity index (χ0n) is 18.7. The molecule has 1 heterocycles. The van der Waals surface area contributed by atoms with E-state index in [4.69, 9.17) is 4.74 Å². The average molecular weight is 421 g/mol. The third-order valence-electron chi connectivity index (χ3n) is 5.51. The van der Waals surface area contributed by atoms with Crippen molar-refractivity contribution in [3.63, 3.8) is 0 Å². The molecule has 1 saturated heterocycles. The van der Waals surface area contributed by atoms with Crippen LogP contribution in [0, 0.1) is 0 Å². The van der Waals surface area contributed by atoms with E-state index in [1.165, 1.54) is 5.56 Å². The fourth-order valence-corrected chi connectivity index (χ4v) is 3.78. The minimum Gasteiger partial charge on any atom is -0.494 e. The number of carboxylic acids is 1. The van der Waals surface area contributed by atoms with Gasteiger partial charge in [-0.2, -0.15) is 0 Å². The molecular weight excluding hydrogens is 380 g/mol. The lowest BCUT2D eigenvalue weighted by molar-refractivity contribution is -0.143. The van der Waals surface area contributed by atoms with Crippen molar-refractivity contribution in [3.8, 4) is 5.75 Å². The highest BCUT2D eigenvalue weighted by Gasteiger charge is 2.24. The summed E-state index contributed by atoms with van der Waals surface area (Å²) in [6.45, 7) is 10.5. The number of rotatable bonds is 9. The Kier molecular flexibility index (Phi) is 11.8. The minimum atomic E-state index is -0.723. The topological polar surface area (TPSA) is 85.9 Å². The van der Waals surface area contributed by atoms with Crippen molar-refractivity contribution < 1.29 is 14.6 Å². The van der Waals surface area contributed by atoms with Gasteiger partial charge in [0.2, 0.25) is 0 Å².